The second kappa shape index (κ2) is 10.8. The van der Waals surface area contributed by atoms with Crippen LogP contribution in [0.25, 0.3) is 12.2 Å². The Bertz CT molecular complexity index is 973. The molecule has 0 fully saturated rings. The molecular formula is C23H26F3NO5. The third-order valence-corrected chi connectivity index (χ3v) is 4.81. The molecule has 32 heavy (non-hydrogen) atoms. The summed E-state index contributed by atoms with van der Waals surface area (Å²) in [6.07, 6.45) is -1.09. The van der Waals surface area contributed by atoms with Crippen molar-refractivity contribution in [3.8, 4) is 23.0 Å². The van der Waals surface area contributed by atoms with E-state index in [2.05, 4.69) is 0 Å². The zero-order valence-corrected chi connectivity index (χ0v) is 18.6. The van der Waals surface area contributed by atoms with E-state index >= 15 is 0 Å². The molecule has 9 heteroatoms. The van der Waals surface area contributed by atoms with Gasteiger partial charge in [0.2, 0.25) is 0 Å². The number of halogens is 3. The summed E-state index contributed by atoms with van der Waals surface area (Å²) in [5, 5.41) is 0. The van der Waals surface area contributed by atoms with Crippen molar-refractivity contribution in [1.29, 1.82) is 0 Å². The standard InChI is InChI=1S/C23H26F3NO5/c1-27(22(28)23(24,25)26)11-10-17-14-21(32-5)20(31-4)13-16(17)8-6-15-7-9-18(29-2)19(12-15)30-3/h6-9,12-14H,10-11H2,1-5H3/b8-6+. The molecule has 0 saturated heterocycles. The molecule has 0 bridgehead atoms. The van der Waals surface area contributed by atoms with Gasteiger partial charge in [-0.25, -0.2) is 0 Å². The van der Waals surface area contributed by atoms with Crippen LogP contribution in [-0.2, 0) is 11.2 Å². The number of hydrogen-bond acceptors (Lipinski definition) is 5. The van der Waals surface area contributed by atoms with E-state index in [0.717, 1.165) is 12.6 Å². The second-order valence-electron chi connectivity index (χ2n) is 6.83. The summed E-state index contributed by atoms with van der Waals surface area (Å²) >= 11 is 0. The Balaban J connectivity index is 2.36. The van der Waals surface area contributed by atoms with Crippen molar-refractivity contribution < 1.29 is 36.9 Å². The van der Waals surface area contributed by atoms with E-state index in [1.54, 1.807) is 31.4 Å². The highest BCUT2D eigenvalue weighted by Crippen LogP contribution is 2.33. The van der Waals surface area contributed by atoms with E-state index in [1.165, 1.54) is 21.3 Å². The van der Waals surface area contributed by atoms with E-state index < -0.39 is 12.1 Å². The van der Waals surface area contributed by atoms with Gasteiger partial charge in [0.25, 0.3) is 0 Å². The quantitative estimate of drug-likeness (QED) is 0.525. The van der Waals surface area contributed by atoms with Crippen molar-refractivity contribution in [2.75, 3.05) is 42.0 Å². The number of ether oxygens (including phenoxy) is 4. The average Bonchev–Trinajstić information content (AvgIpc) is 2.79. The molecule has 0 aliphatic carbocycles. The smallest absolute Gasteiger partial charge is 0.471 e. The minimum atomic E-state index is -4.91. The van der Waals surface area contributed by atoms with Crippen LogP contribution in [0.15, 0.2) is 30.3 Å². The van der Waals surface area contributed by atoms with E-state index in [1.807, 2.05) is 18.2 Å². The molecule has 0 radical (unpaired) electrons. The molecule has 0 unspecified atom stereocenters. The molecule has 0 aromatic heterocycles. The molecule has 0 spiro atoms. The Hall–Kier alpha value is -3.36. The first kappa shape index (κ1) is 24.9. The fourth-order valence-electron chi connectivity index (χ4n) is 3.06. The molecule has 174 valence electrons. The van der Waals surface area contributed by atoms with Crippen LogP contribution in [0.2, 0.25) is 0 Å². The molecule has 2 aromatic rings. The SMILES string of the molecule is COc1ccc(/C=C/c2cc(OC)c(OC)cc2CCN(C)C(=O)C(F)(F)F)cc1OC. The fraction of sp³-hybridized carbons (Fsp3) is 0.348. The molecular weight excluding hydrogens is 427 g/mol. The molecule has 0 saturated carbocycles. The van der Waals surface area contributed by atoms with Crippen molar-refractivity contribution in [2.45, 2.75) is 12.6 Å². The van der Waals surface area contributed by atoms with Crippen LogP contribution in [0.5, 0.6) is 23.0 Å². The van der Waals surface area contributed by atoms with Crippen molar-refractivity contribution >= 4 is 18.1 Å². The highest BCUT2D eigenvalue weighted by molar-refractivity contribution is 5.81. The van der Waals surface area contributed by atoms with Gasteiger partial charge in [-0.1, -0.05) is 18.2 Å². The number of methoxy groups -OCH3 is 4. The van der Waals surface area contributed by atoms with Crippen LogP contribution in [-0.4, -0.2) is 59.0 Å². The van der Waals surface area contributed by atoms with Gasteiger partial charge < -0.3 is 23.8 Å². The molecule has 6 nitrogen and oxygen atoms in total. The van der Waals surface area contributed by atoms with E-state index in [-0.39, 0.29) is 13.0 Å². The van der Waals surface area contributed by atoms with Crippen molar-refractivity contribution in [3.63, 3.8) is 0 Å². The molecule has 2 aromatic carbocycles. The number of benzene rings is 2. The Morgan fingerprint density at radius 3 is 2.00 bits per heavy atom. The van der Waals surface area contributed by atoms with Crippen LogP contribution in [0.3, 0.4) is 0 Å². The first-order chi connectivity index (χ1) is 15.1. The zero-order chi connectivity index (χ0) is 23.9. The van der Waals surface area contributed by atoms with Crippen LogP contribution in [0, 0.1) is 0 Å². The number of likely N-dealkylation sites (N-methyl/N-ethyl adjacent to an activating group) is 1. The summed E-state index contributed by atoms with van der Waals surface area (Å²) in [5.41, 5.74) is 2.24. The summed E-state index contributed by atoms with van der Waals surface area (Å²) in [6, 6.07) is 8.83. The van der Waals surface area contributed by atoms with Gasteiger partial charge in [-0.2, -0.15) is 13.2 Å². The van der Waals surface area contributed by atoms with Gasteiger partial charge in [0.1, 0.15) is 0 Å². The minimum absolute atomic E-state index is 0.120. The van der Waals surface area contributed by atoms with Gasteiger partial charge in [-0.15, -0.1) is 0 Å². The monoisotopic (exact) mass is 453 g/mol. The predicted molar refractivity (Wildman–Crippen MR) is 115 cm³/mol. The lowest BCUT2D eigenvalue weighted by Crippen LogP contribution is -2.39. The van der Waals surface area contributed by atoms with E-state index in [9.17, 15) is 18.0 Å². The first-order valence-electron chi connectivity index (χ1n) is 9.61. The maximum absolute atomic E-state index is 12.7. The Morgan fingerprint density at radius 2 is 1.44 bits per heavy atom. The second-order valence-corrected chi connectivity index (χ2v) is 6.83. The maximum Gasteiger partial charge on any atom is 0.471 e. The summed E-state index contributed by atoms with van der Waals surface area (Å²) in [5.74, 6) is 0.183. The van der Waals surface area contributed by atoms with Crippen molar-refractivity contribution in [2.24, 2.45) is 0 Å². The number of alkyl halides is 3. The number of amides is 1. The molecule has 0 aliphatic heterocycles. The van der Waals surface area contributed by atoms with Crippen LogP contribution in [0.4, 0.5) is 13.2 Å². The topological polar surface area (TPSA) is 57.2 Å². The molecule has 0 atom stereocenters. The molecule has 0 N–H and O–H groups in total. The van der Waals surface area contributed by atoms with Crippen LogP contribution < -0.4 is 18.9 Å². The minimum Gasteiger partial charge on any atom is -0.493 e. The summed E-state index contributed by atoms with van der Waals surface area (Å²) in [6.45, 7) is -0.120. The number of carbonyl (C=O) groups excluding carboxylic acids is 1. The van der Waals surface area contributed by atoms with Crippen LogP contribution in [0.1, 0.15) is 16.7 Å². The molecule has 2 rings (SSSR count). The Labute approximate surface area is 185 Å². The highest BCUT2D eigenvalue weighted by atomic mass is 19.4. The van der Waals surface area contributed by atoms with Gasteiger partial charge >= 0.3 is 12.1 Å². The number of hydrogen-bond donors (Lipinski definition) is 0. The maximum atomic E-state index is 12.7. The van der Waals surface area contributed by atoms with Gasteiger partial charge in [0.05, 0.1) is 28.4 Å². The van der Waals surface area contributed by atoms with Crippen molar-refractivity contribution in [3.05, 3.63) is 47.0 Å². The lowest BCUT2D eigenvalue weighted by Gasteiger charge is -2.20. The molecule has 0 aliphatic rings. The van der Waals surface area contributed by atoms with Gasteiger partial charge in [-0.3, -0.25) is 4.79 Å². The fourth-order valence-corrected chi connectivity index (χ4v) is 3.06. The van der Waals surface area contributed by atoms with Crippen LogP contribution >= 0.6 is 0 Å². The lowest BCUT2D eigenvalue weighted by atomic mass is 10.0. The van der Waals surface area contributed by atoms with Gasteiger partial charge in [0, 0.05) is 13.6 Å². The highest BCUT2D eigenvalue weighted by Gasteiger charge is 2.41. The molecule has 0 heterocycles. The van der Waals surface area contributed by atoms with E-state index in [4.69, 9.17) is 18.9 Å². The summed E-state index contributed by atoms with van der Waals surface area (Å²) < 4.78 is 59.3. The Morgan fingerprint density at radius 1 is 0.875 bits per heavy atom. The zero-order valence-electron chi connectivity index (χ0n) is 18.6. The first-order valence-corrected chi connectivity index (χ1v) is 9.61. The average molecular weight is 453 g/mol. The normalized spacial score (nSPS) is 11.4. The third kappa shape index (κ3) is 6.09. The van der Waals surface area contributed by atoms with E-state index in [0.29, 0.717) is 39.0 Å². The Kier molecular flexibility index (Phi) is 8.40. The van der Waals surface area contributed by atoms with Gasteiger partial charge in [-0.05, 0) is 47.4 Å². The van der Waals surface area contributed by atoms with Crippen molar-refractivity contribution in [1.82, 2.24) is 4.90 Å². The summed E-state index contributed by atoms with van der Waals surface area (Å²) in [7, 11) is 7.17. The summed E-state index contributed by atoms with van der Waals surface area (Å²) in [4.78, 5) is 12.1. The number of nitrogens with zero attached hydrogens (tertiary/aromatic N) is 1. The van der Waals surface area contributed by atoms with Gasteiger partial charge in [0.15, 0.2) is 23.0 Å². The number of carbonyl (C=O) groups is 1. The third-order valence-electron chi connectivity index (χ3n) is 4.81. The predicted octanol–water partition coefficient (Wildman–Crippen LogP) is 4.45. The molecule has 1 amide bonds. The number of rotatable bonds is 9. The largest absolute Gasteiger partial charge is 0.493 e. The lowest BCUT2D eigenvalue weighted by molar-refractivity contribution is -0.184.